The number of benzene rings is 2. The van der Waals surface area contributed by atoms with Crippen molar-refractivity contribution in [3.05, 3.63) is 64.4 Å². The van der Waals surface area contributed by atoms with E-state index in [1.54, 1.807) is 12.1 Å². The molecule has 0 atom stereocenters. The molecule has 1 fully saturated rings. The number of alkyl halides is 2. The molecule has 1 aliphatic carbocycles. The lowest BCUT2D eigenvalue weighted by Crippen LogP contribution is -2.22. The molecular formula is C26H32ClF3O. The average Bonchev–Trinajstić information content (AvgIpc) is 2.76. The van der Waals surface area contributed by atoms with Gasteiger partial charge in [-0.25, -0.2) is 4.39 Å². The van der Waals surface area contributed by atoms with Crippen LogP contribution in [-0.4, -0.2) is 0 Å². The molecule has 0 heterocycles. The van der Waals surface area contributed by atoms with Gasteiger partial charge in [0, 0.05) is 0 Å². The highest BCUT2D eigenvalue weighted by Gasteiger charge is 2.35. The normalized spacial score (nSPS) is 19.4. The van der Waals surface area contributed by atoms with Crippen molar-refractivity contribution in [2.75, 3.05) is 0 Å². The fourth-order valence-electron chi connectivity index (χ4n) is 4.47. The van der Waals surface area contributed by atoms with Crippen LogP contribution in [0.5, 0.6) is 5.75 Å². The van der Waals surface area contributed by atoms with Gasteiger partial charge < -0.3 is 4.74 Å². The van der Waals surface area contributed by atoms with E-state index in [4.69, 9.17) is 16.3 Å². The van der Waals surface area contributed by atoms with Crippen molar-refractivity contribution in [3.8, 4) is 5.75 Å². The Morgan fingerprint density at radius 3 is 2.19 bits per heavy atom. The minimum Gasteiger partial charge on any atom is -0.429 e. The Morgan fingerprint density at radius 1 is 0.935 bits per heavy atom. The Hall–Kier alpha value is -1.68. The fraction of sp³-hybridized carbons (Fsp3) is 0.538. The molecule has 0 aliphatic heterocycles. The first-order valence-corrected chi connectivity index (χ1v) is 11.9. The molecule has 0 amide bonds. The second-order valence-electron chi connectivity index (χ2n) is 8.81. The van der Waals surface area contributed by atoms with Gasteiger partial charge in [-0.1, -0.05) is 82.0 Å². The molecule has 0 radical (unpaired) electrons. The van der Waals surface area contributed by atoms with E-state index < -0.39 is 17.5 Å². The maximum Gasteiger partial charge on any atom is 0.426 e. The van der Waals surface area contributed by atoms with Crippen molar-refractivity contribution in [1.29, 1.82) is 0 Å². The summed E-state index contributed by atoms with van der Waals surface area (Å²) in [6.45, 7) is 2.25. The molecule has 0 N–H and O–H groups in total. The van der Waals surface area contributed by atoms with Crippen molar-refractivity contribution in [3.63, 3.8) is 0 Å². The Morgan fingerprint density at radius 2 is 1.58 bits per heavy atom. The second-order valence-corrected chi connectivity index (χ2v) is 9.22. The van der Waals surface area contributed by atoms with Gasteiger partial charge in [-0.05, 0) is 60.6 Å². The SMILES string of the molecule is CCCCCC1CCC(CCc2ccc(OC(F)(F)c3ccc(Cl)c(F)c3)cc2)CC1. The van der Waals surface area contributed by atoms with Crippen LogP contribution >= 0.6 is 11.6 Å². The van der Waals surface area contributed by atoms with Crippen LogP contribution in [0.25, 0.3) is 0 Å². The summed E-state index contributed by atoms with van der Waals surface area (Å²) >= 11 is 5.57. The molecule has 1 nitrogen and oxygen atoms in total. The Kier molecular flexibility index (Phi) is 8.71. The van der Waals surface area contributed by atoms with Crippen molar-refractivity contribution >= 4 is 11.6 Å². The summed E-state index contributed by atoms with van der Waals surface area (Å²) in [5.74, 6) is 0.835. The fourth-order valence-corrected chi connectivity index (χ4v) is 4.59. The Bertz CT molecular complexity index is 814. The lowest BCUT2D eigenvalue weighted by atomic mass is 9.78. The molecule has 0 unspecified atom stereocenters. The molecule has 3 rings (SSSR count). The minimum absolute atomic E-state index is 0.0525. The highest BCUT2D eigenvalue weighted by atomic mass is 35.5. The van der Waals surface area contributed by atoms with Crippen molar-refractivity contribution < 1.29 is 17.9 Å². The number of rotatable bonds is 10. The van der Waals surface area contributed by atoms with Crippen LogP contribution in [-0.2, 0) is 12.5 Å². The first kappa shape index (κ1) is 24.0. The van der Waals surface area contributed by atoms with Gasteiger partial charge in [0.1, 0.15) is 11.6 Å². The quantitative estimate of drug-likeness (QED) is 0.327. The van der Waals surface area contributed by atoms with Gasteiger partial charge in [0.25, 0.3) is 0 Å². The zero-order chi connectivity index (χ0) is 22.3. The van der Waals surface area contributed by atoms with Crippen LogP contribution in [0.2, 0.25) is 5.02 Å². The molecule has 2 aromatic rings. The Balaban J connectivity index is 1.45. The van der Waals surface area contributed by atoms with Crippen molar-refractivity contribution in [2.45, 2.75) is 77.2 Å². The monoisotopic (exact) mass is 452 g/mol. The highest BCUT2D eigenvalue weighted by molar-refractivity contribution is 6.30. The van der Waals surface area contributed by atoms with E-state index in [9.17, 15) is 13.2 Å². The molecule has 0 bridgehead atoms. The van der Waals surface area contributed by atoms with E-state index in [2.05, 4.69) is 6.92 Å². The summed E-state index contributed by atoms with van der Waals surface area (Å²) in [7, 11) is 0. The lowest BCUT2D eigenvalue weighted by Gasteiger charge is -2.28. The number of ether oxygens (including phenoxy) is 1. The standard InChI is InChI=1S/C26H32ClF3O/c1-2-3-4-5-19-6-8-20(9-7-19)10-11-21-12-15-23(16-13-21)31-26(29,30)22-14-17-24(27)25(28)18-22/h12-20H,2-11H2,1H3. The number of aryl methyl sites for hydroxylation is 1. The maximum atomic E-state index is 14.3. The first-order chi connectivity index (χ1) is 14.9. The molecule has 2 aromatic carbocycles. The smallest absolute Gasteiger partial charge is 0.426 e. The van der Waals surface area contributed by atoms with E-state index in [0.29, 0.717) is 6.07 Å². The molecule has 0 saturated heterocycles. The summed E-state index contributed by atoms with van der Waals surface area (Å²) < 4.78 is 47.0. The third-order valence-electron chi connectivity index (χ3n) is 6.45. The van der Waals surface area contributed by atoms with Crippen LogP contribution < -0.4 is 4.74 Å². The van der Waals surface area contributed by atoms with Crippen molar-refractivity contribution in [2.24, 2.45) is 11.8 Å². The van der Waals surface area contributed by atoms with Gasteiger partial charge in [-0.3, -0.25) is 0 Å². The third kappa shape index (κ3) is 7.17. The zero-order valence-electron chi connectivity index (χ0n) is 18.2. The number of hydrogen-bond acceptors (Lipinski definition) is 1. The van der Waals surface area contributed by atoms with Crippen LogP contribution in [0.1, 0.15) is 75.8 Å². The van der Waals surface area contributed by atoms with E-state index in [0.717, 1.165) is 42.4 Å². The second kappa shape index (κ2) is 11.3. The van der Waals surface area contributed by atoms with Crippen LogP contribution in [0.15, 0.2) is 42.5 Å². The van der Waals surface area contributed by atoms with Crippen LogP contribution in [0, 0.1) is 17.7 Å². The minimum atomic E-state index is -3.64. The summed E-state index contributed by atoms with van der Waals surface area (Å²) in [6.07, 6.45) is 9.15. The molecule has 5 heteroatoms. The van der Waals surface area contributed by atoms with Crippen LogP contribution in [0.4, 0.5) is 13.2 Å². The third-order valence-corrected chi connectivity index (χ3v) is 6.76. The van der Waals surface area contributed by atoms with Crippen LogP contribution in [0.3, 0.4) is 0 Å². The number of halogens is 4. The van der Waals surface area contributed by atoms with Gasteiger partial charge in [0.15, 0.2) is 0 Å². The van der Waals surface area contributed by atoms with Gasteiger partial charge in [0.2, 0.25) is 0 Å². The molecule has 170 valence electrons. The lowest BCUT2D eigenvalue weighted by molar-refractivity contribution is -0.185. The van der Waals surface area contributed by atoms with E-state index in [1.807, 2.05) is 12.1 Å². The summed E-state index contributed by atoms with van der Waals surface area (Å²) in [5, 5.41) is -0.200. The molecule has 0 aromatic heterocycles. The van der Waals surface area contributed by atoms with E-state index >= 15 is 0 Å². The maximum absolute atomic E-state index is 14.3. The van der Waals surface area contributed by atoms with E-state index in [-0.39, 0.29) is 10.8 Å². The summed E-state index contributed by atoms with van der Waals surface area (Å²) in [5.41, 5.74) is 0.557. The summed E-state index contributed by atoms with van der Waals surface area (Å²) in [6, 6.07) is 9.66. The van der Waals surface area contributed by atoms with E-state index in [1.165, 1.54) is 51.4 Å². The largest absolute Gasteiger partial charge is 0.429 e. The molecular weight excluding hydrogens is 421 g/mol. The number of hydrogen-bond donors (Lipinski definition) is 0. The molecule has 0 spiro atoms. The molecule has 1 aliphatic rings. The van der Waals surface area contributed by atoms with Gasteiger partial charge in [-0.2, -0.15) is 8.78 Å². The first-order valence-electron chi connectivity index (χ1n) is 11.5. The summed E-state index contributed by atoms with van der Waals surface area (Å²) in [4.78, 5) is 0. The average molecular weight is 453 g/mol. The molecule has 1 saturated carbocycles. The van der Waals surface area contributed by atoms with Crippen molar-refractivity contribution in [1.82, 2.24) is 0 Å². The molecule has 31 heavy (non-hydrogen) atoms. The predicted octanol–water partition coefficient (Wildman–Crippen LogP) is 8.93. The number of unbranched alkanes of at least 4 members (excludes halogenated alkanes) is 2. The highest BCUT2D eigenvalue weighted by Crippen LogP contribution is 2.35. The topological polar surface area (TPSA) is 9.23 Å². The predicted molar refractivity (Wildman–Crippen MR) is 120 cm³/mol. The van der Waals surface area contributed by atoms with Gasteiger partial charge in [0.05, 0.1) is 10.6 Å². The zero-order valence-corrected chi connectivity index (χ0v) is 18.9. The van der Waals surface area contributed by atoms with Gasteiger partial charge >= 0.3 is 6.11 Å². The Labute approximate surface area is 189 Å². The van der Waals surface area contributed by atoms with Gasteiger partial charge in [-0.15, -0.1) is 0 Å².